The molecule has 2 aliphatic rings. The van der Waals surface area contributed by atoms with Crippen molar-refractivity contribution in [1.29, 1.82) is 0 Å². The molecule has 2 saturated heterocycles. The van der Waals surface area contributed by atoms with Crippen molar-refractivity contribution in [3.63, 3.8) is 0 Å². The summed E-state index contributed by atoms with van der Waals surface area (Å²) in [7, 11) is -3.56. The normalized spacial score (nSPS) is 25.2. The first-order valence-corrected chi connectivity index (χ1v) is 11.3. The van der Waals surface area contributed by atoms with Gasteiger partial charge in [-0.1, -0.05) is 32.0 Å². The molecule has 0 spiro atoms. The highest BCUT2D eigenvalue weighted by Crippen LogP contribution is 2.27. The molecule has 7 nitrogen and oxygen atoms in total. The number of ether oxygens (including phenoxy) is 2. The van der Waals surface area contributed by atoms with Crippen LogP contribution in [0.3, 0.4) is 0 Å². The van der Waals surface area contributed by atoms with E-state index in [2.05, 4.69) is 5.32 Å². The molecule has 0 amide bonds. The molecule has 28 heavy (non-hydrogen) atoms. The highest BCUT2D eigenvalue weighted by atomic mass is 32.2. The Morgan fingerprint density at radius 3 is 2.61 bits per heavy atom. The van der Waals surface area contributed by atoms with Crippen molar-refractivity contribution >= 4 is 26.9 Å². The number of piperidine rings is 1. The average molecular weight is 407 g/mol. The lowest BCUT2D eigenvalue weighted by Gasteiger charge is -2.39. The van der Waals surface area contributed by atoms with E-state index < -0.39 is 16.0 Å². The minimum Gasteiger partial charge on any atom is -0.459 e. The van der Waals surface area contributed by atoms with Gasteiger partial charge in [0.2, 0.25) is 10.0 Å². The van der Waals surface area contributed by atoms with Crippen LogP contribution in [0, 0.1) is 5.92 Å². The zero-order chi connectivity index (χ0) is 19.9. The van der Waals surface area contributed by atoms with Gasteiger partial charge in [-0.05, 0) is 12.0 Å². The molecule has 0 aliphatic carbocycles. The van der Waals surface area contributed by atoms with Gasteiger partial charge in [0.1, 0.15) is 6.10 Å². The fourth-order valence-electron chi connectivity index (χ4n) is 4.14. The molecule has 1 unspecified atom stereocenters. The topological polar surface area (TPSA) is 86.6 Å². The van der Waals surface area contributed by atoms with Crippen molar-refractivity contribution in [2.45, 2.75) is 44.9 Å². The van der Waals surface area contributed by atoms with Gasteiger partial charge in [-0.25, -0.2) is 17.2 Å². The minimum absolute atomic E-state index is 0.0117. The fourth-order valence-corrected chi connectivity index (χ4v) is 5.87. The number of rotatable bonds is 5. The molecule has 2 aromatic rings. The number of benzene rings is 1. The highest BCUT2D eigenvalue weighted by molar-refractivity contribution is 7.90. The maximum atomic E-state index is 12.9. The van der Waals surface area contributed by atoms with Crippen LogP contribution in [0.1, 0.15) is 37.0 Å². The van der Waals surface area contributed by atoms with Gasteiger partial charge in [-0.3, -0.25) is 0 Å². The van der Waals surface area contributed by atoms with Crippen molar-refractivity contribution in [1.82, 2.24) is 9.29 Å². The number of nitrogens with one attached hydrogen (secondary N) is 1. The number of nitrogens with zero attached hydrogens (tertiary/aromatic N) is 1. The Morgan fingerprint density at radius 1 is 1.25 bits per heavy atom. The molecule has 2 aliphatic heterocycles. The maximum absolute atomic E-state index is 12.9. The number of aromatic nitrogens is 1. The van der Waals surface area contributed by atoms with Crippen LogP contribution in [0.4, 0.5) is 0 Å². The third kappa shape index (κ3) is 3.81. The lowest BCUT2D eigenvalue weighted by molar-refractivity contribution is -0.0339. The molecule has 2 bridgehead atoms. The lowest BCUT2D eigenvalue weighted by Crippen LogP contribution is -2.56. The molecule has 1 aromatic heterocycles. The van der Waals surface area contributed by atoms with Gasteiger partial charge in [-0.15, -0.1) is 0 Å². The molecule has 0 radical (unpaired) electrons. The monoisotopic (exact) mass is 406 g/mol. The summed E-state index contributed by atoms with van der Waals surface area (Å²) in [6, 6.07) is 7.43. The third-order valence-corrected chi connectivity index (χ3v) is 7.21. The summed E-state index contributed by atoms with van der Waals surface area (Å²) >= 11 is 0. The Balaban J connectivity index is 1.62. The molecule has 0 saturated carbocycles. The molecule has 4 rings (SSSR count). The zero-order valence-electron chi connectivity index (χ0n) is 16.1. The van der Waals surface area contributed by atoms with E-state index >= 15 is 0 Å². The number of esters is 1. The fraction of sp³-hybridized carbons (Fsp3) is 0.550. The van der Waals surface area contributed by atoms with E-state index in [-0.39, 0.29) is 29.9 Å². The largest absolute Gasteiger partial charge is 0.459 e. The number of hydrogen-bond donors (Lipinski definition) is 1. The predicted molar refractivity (Wildman–Crippen MR) is 106 cm³/mol. The Kier molecular flexibility index (Phi) is 5.20. The second kappa shape index (κ2) is 7.50. The van der Waals surface area contributed by atoms with Gasteiger partial charge >= 0.3 is 5.97 Å². The van der Waals surface area contributed by atoms with Crippen LogP contribution in [-0.4, -0.2) is 55.5 Å². The number of carbonyl (C=O) groups excluding carboxylic acids is 1. The summed E-state index contributed by atoms with van der Waals surface area (Å²) < 4.78 is 38.2. The summed E-state index contributed by atoms with van der Waals surface area (Å²) in [5, 5.41) is 4.06. The quantitative estimate of drug-likeness (QED) is 0.766. The first kappa shape index (κ1) is 19.4. The molecule has 152 valence electrons. The zero-order valence-corrected chi connectivity index (χ0v) is 16.9. The van der Waals surface area contributed by atoms with E-state index in [1.807, 2.05) is 13.8 Å². The van der Waals surface area contributed by atoms with Gasteiger partial charge in [0.05, 0.1) is 30.0 Å². The Labute approximate surface area is 165 Å². The van der Waals surface area contributed by atoms with Crippen LogP contribution in [0.2, 0.25) is 0 Å². The van der Waals surface area contributed by atoms with Crippen molar-refractivity contribution in [2.75, 3.05) is 19.0 Å². The third-order valence-electron chi connectivity index (χ3n) is 5.22. The molecule has 2 fully saturated rings. The van der Waals surface area contributed by atoms with Crippen LogP contribution in [-0.2, 0) is 19.5 Å². The van der Waals surface area contributed by atoms with Crippen molar-refractivity contribution < 1.29 is 22.7 Å². The summed E-state index contributed by atoms with van der Waals surface area (Å²) in [5.41, 5.74) is 0.800. The van der Waals surface area contributed by atoms with E-state index in [1.165, 1.54) is 10.2 Å². The van der Waals surface area contributed by atoms with E-state index in [0.29, 0.717) is 42.5 Å². The van der Waals surface area contributed by atoms with E-state index in [0.717, 1.165) is 0 Å². The molecular weight excluding hydrogens is 380 g/mol. The summed E-state index contributed by atoms with van der Waals surface area (Å²) in [6.07, 6.45) is 2.62. The van der Waals surface area contributed by atoms with Crippen molar-refractivity contribution in [2.24, 2.45) is 5.92 Å². The number of para-hydroxylation sites is 1. The molecule has 8 heteroatoms. The van der Waals surface area contributed by atoms with Crippen molar-refractivity contribution in [3.8, 4) is 0 Å². The van der Waals surface area contributed by atoms with E-state index in [1.54, 1.807) is 24.3 Å². The van der Waals surface area contributed by atoms with Crippen molar-refractivity contribution in [3.05, 3.63) is 36.0 Å². The number of fused-ring (bicyclic) bond motifs is 3. The summed E-state index contributed by atoms with van der Waals surface area (Å²) in [4.78, 5) is 12.9. The SMILES string of the molecule is CC(C)CS(=O)(=O)n1cc(C(=O)OC2C[C@H]3COC[C@@H](C2)N3)c2ccccc21. The number of morpholine rings is 1. The molecule has 3 heterocycles. The second-order valence-corrected chi connectivity index (χ2v) is 10.0. The van der Waals surface area contributed by atoms with E-state index in [4.69, 9.17) is 9.47 Å². The lowest BCUT2D eigenvalue weighted by atomic mass is 9.94. The Morgan fingerprint density at radius 2 is 1.93 bits per heavy atom. The molecule has 3 atom stereocenters. The van der Waals surface area contributed by atoms with Gasteiger partial charge in [0.25, 0.3) is 0 Å². The summed E-state index contributed by atoms with van der Waals surface area (Å²) in [6.45, 7) is 4.96. The van der Waals surface area contributed by atoms with Gasteiger partial charge in [0, 0.05) is 36.5 Å². The maximum Gasteiger partial charge on any atom is 0.340 e. The van der Waals surface area contributed by atoms with E-state index in [9.17, 15) is 13.2 Å². The second-order valence-electron chi connectivity index (χ2n) is 8.12. The predicted octanol–water partition coefficient (Wildman–Crippen LogP) is 2.15. The number of hydrogen-bond acceptors (Lipinski definition) is 6. The molecular formula is C20H26N2O5S. The first-order valence-electron chi connectivity index (χ1n) is 9.71. The van der Waals surface area contributed by atoms with Gasteiger partial charge < -0.3 is 14.8 Å². The van der Waals surface area contributed by atoms with Crippen LogP contribution >= 0.6 is 0 Å². The summed E-state index contributed by atoms with van der Waals surface area (Å²) in [5.74, 6) is -0.476. The smallest absolute Gasteiger partial charge is 0.340 e. The Bertz CT molecular complexity index is 970. The highest BCUT2D eigenvalue weighted by Gasteiger charge is 2.34. The standard InChI is InChI=1S/C20H26N2O5S/c1-13(2)12-28(24,25)22-9-18(17-5-3-4-6-19(17)22)20(23)27-16-7-14-10-26-11-15(8-16)21-14/h3-6,9,13-16,21H,7-8,10-12H2,1-2H3/t14-,15+,16?. The van der Waals surface area contributed by atoms with Crippen LogP contribution < -0.4 is 5.32 Å². The first-order chi connectivity index (χ1) is 13.3. The van der Waals surface area contributed by atoms with Gasteiger partial charge in [-0.2, -0.15) is 0 Å². The minimum atomic E-state index is -3.56. The molecule has 1 N–H and O–H groups in total. The average Bonchev–Trinajstić information content (AvgIpc) is 3.01. The van der Waals surface area contributed by atoms with Crippen LogP contribution in [0.15, 0.2) is 30.5 Å². The van der Waals surface area contributed by atoms with Crippen LogP contribution in [0.5, 0.6) is 0 Å². The number of carbonyl (C=O) groups is 1. The van der Waals surface area contributed by atoms with Gasteiger partial charge in [0.15, 0.2) is 0 Å². The Hall–Kier alpha value is -1.90. The van der Waals surface area contributed by atoms with Crippen LogP contribution in [0.25, 0.3) is 10.9 Å². The molecule has 1 aromatic carbocycles.